The molecular formula is C23H19F2N7O3. The number of likely N-dealkylation sites (N-methyl/N-ethyl adjacent to an activating group) is 1. The number of anilines is 2. The molecule has 4 aromatic heterocycles. The van der Waals surface area contributed by atoms with Gasteiger partial charge in [0.15, 0.2) is 5.76 Å². The molecule has 5 heterocycles. The Kier molecular flexibility index (Phi) is 5.65. The average molecular weight is 479 g/mol. The van der Waals surface area contributed by atoms with Crippen LogP contribution in [0.2, 0.25) is 0 Å². The smallest absolute Gasteiger partial charge is 0.280 e. The summed E-state index contributed by atoms with van der Waals surface area (Å²) in [5.41, 5.74) is 0.0305. The van der Waals surface area contributed by atoms with Gasteiger partial charge in [-0.3, -0.25) is 9.78 Å². The number of nitrogens with zero attached hydrogens (tertiary/aromatic N) is 6. The molecule has 0 bridgehead atoms. The molecule has 10 nitrogen and oxygen atoms in total. The van der Waals surface area contributed by atoms with E-state index in [-0.39, 0.29) is 23.8 Å². The van der Waals surface area contributed by atoms with Gasteiger partial charge in [0, 0.05) is 44.2 Å². The second kappa shape index (κ2) is 8.80. The van der Waals surface area contributed by atoms with E-state index in [1.807, 2.05) is 0 Å². The lowest BCUT2D eigenvalue weighted by molar-refractivity contribution is -0.144. The minimum atomic E-state index is -2.69. The predicted molar refractivity (Wildman–Crippen MR) is 119 cm³/mol. The van der Waals surface area contributed by atoms with E-state index < -0.39 is 17.9 Å². The molecule has 0 saturated carbocycles. The number of rotatable bonds is 6. The summed E-state index contributed by atoms with van der Waals surface area (Å²) in [7, 11) is 1.61. The molecular weight excluding hydrogens is 460 g/mol. The van der Waals surface area contributed by atoms with Crippen LogP contribution in [0.15, 0.2) is 59.4 Å². The highest BCUT2D eigenvalue weighted by molar-refractivity contribution is 5.87. The van der Waals surface area contributed by atoms with Gasteiger partial charge in [0.05, 0.1) is 17.1 Å². The minimum absolute atomic E-state index is 0.0584. The first-order valence-electron chi connectivity index (χ1n) is 10.6. The van der Waals surface area contributed by atoms with E-state index in [2.05, 4.69) is 30.4 Å². The van der Waals surface area contributed by atoms with Gasteiger partial charge in [-0.25, -0.2) is 23.7 Å². The maximum Gasteiger partial charge on any atom is 0.280 e. The second-order valence-electron chi connectivity index (χ2n) is 7.98. The fraction of sp³-hybridized carbons (Fsp3) is 0.217. The Balaban J connectivity index is 1.40. The van der Waals surface area contributed by atoms with Gasteiger partial charge in [-0.2, -0.15) is 0 Å². The first-order chi connectivity index (χ1) is 16.8. The molecule has 0 unspecified atom stereocenters. The molecule has 12 heteroatoms. The van der Waals surface area contributed by atoms with E-state index in [0.29, 0.717) is 35.0 Å². The number of aromatic nitrogens is 5. The van der Waals surface area contributed by atoms with Crippen molar-refractivity contribution in [1.29, 1.82) is 0 Å². The molecule has 0 aliphatic carbocycles. The quantitative estimate of drug-likeness (QED) is 0.428. The Morgan fingerprint density at radius 2 is 1.80 bits per heavy atom. The molecule has 0 radical (unpaired) electrons. The second-order valence-corrected chi connectivity index (χ2v) is 7.98. The molecule has 1 amide bonds. The van der Waals surface area contributed by atoms with Crippen LogP contribution in [0.1, 0.15) is 24.3 Å². The van der Waals surface area contributed by atoms with Gasteiger partial charge in [-0.1, -0.05) is 11.2 Å². The number of carbonyl (C=O) groups is 1. The molecule has 178 valence electrons. The predicted octanol–water partition coefficient (Wildman–Crippen LogP) is 3.32. The van der Waals surface area contributed by atoms with Gasteiger partial charge in [0.25, 0.3) is 12.3 Å². The molecule has 2 N–H and O–H groups in total. The summed E-state index contributed by atoms with van der Waals surface area (Å²) in [5.74, 6) is -0.197. The van der Waals surface area contributed by atoms with Crippen molar-refractivity contribution in [3.8, 4) is 22.8 Å². The summed E-state index contributed by atoms with van der Waals surface area (Å²) >= 11 is 0. The summed E-state index contributed by atoms with van der Waals surface area (Å²) in [5, 5.41) is 17.7. The normalized spacial score (nSPS) is 17.9. The highest BCUT2D eigenvalue weighted by Gasteiger charge is 2.48. The maximum atomic E-state index is 12.9. The van der Waals surface area contributed by atoms with E-state index in [1.165, 1.54) is 35.5 Å². The largest absolute Gasteiger partial charge is 0.373 e. The SMILES string of the molecule is CN1CC[C@@](O)(c2cc(-c3cccc(-c4ccnc(Nc5ccnc(C(F)F)c5)n4)n3)no2)C1=O. The van der Waals surface area contributed by atoms with Crippen molar-refractivity contribution < 1.29 is 23.2 Å². The van der Waals surface area contributed by atoms with Crippen LogP contribution < -0.4 is 5.32 Å². The van der Waals surface area contributed by atoms with Crippen LogP contribution >= 0.6 is 0 Å². The highest BCUT2D eigenvalue weighted by atomic mass is 19.3. The van der Waals surface area contributed by atoms with Crippen molar-refractivity contribution in [1.82, 2.24) is 30.0 Å². The maximum absolute atomic E-state index is 12.9. The van der Waals surface area contributed by atoms with Crippen LogP contribution in [-0.2, 0) is 10.4 Å². The number of pyridine rings is 2. The van der Waals surface area contributed by atoms with Crippen LogP contribution in [0, 0.1) is 0 Å². The molecule has 1 atom stereocenters. The first kappa shape index (κ1) is 22.5. The van der Waals surface area contributed by atoms with Crippen LogP contribution in [0.4, 0.5) is 20.4 Å². The standard InChI is InChI=1S/C23H19F2N7O3/c1-32-10-7-23(34,21(32)33)19-12-17(31-35-19)15-4-2-3-14(29-15)16-6-9-27-22(30-16)28-13-5-8-26-18(11-13)20(24)25/h2-6,8-9,11-12,20,34H,7,10H2,1H3,(H,26,27,28,30)/t23-/m1/s1. The van der Waals surface area contributed by atoms with Crippen molar-refractivity contribution >= 4 is 17.5 Å². The Morgan fingerprint density at radius 1 is 1.06 bits per heavy atom. The first-order valence-corrected chi connectivity index (χ1v) is 10.6. The Hall–Kier alpha value is -4.32. The number of likely N-dealkylation sites (tertiary alicyclic amines) is 1. The van der Waals surface area contributed by atoms with E-state index in [4.69, 9.17) is 4.52 Å². The molecule has 1 aliphatic rings. The lowest BCUT2D eigenvalue weighted by atomic mass is 9.98. The van der Waals surface area contributed by atoms with Crippen molar-refractivity contribution in [3.63, 3.8) is 0 Å². The summed E-state index contributed by atoms with van der Waals surface area (Å²) in [6, 6.07) is 11.1. The Morgan fingerprint density at radius 3 is 2.54 bits per heavy atom. The van der Waals surface area contributed by atoms with Crippen molar-refractivity contribution in [2.45, 2.75) is 18.4 Å². The minimum Gasteiger partial charge on any atom is -0.373 e. The molecule has 5 rings (SSSR count). The Bertz CT molecular complexity index is 1400. The average Bonchev–Trinajstić information content (AvgIpc) is 3.47. The lowest BCUT2D eigenvalue weighted by Crippen LogP contribution is -2.35. The summed E-state index contributed by atoms with van der Waals surface area (Å²) in [6.45, 7) is 0.409. The van der Waals surface area contributed by atoms with Crippen LogP contribution in [-0.4, -0.2) is 54.6 Å². The van der Waals surface area contributed by atoms with E-state index >= 15 is 0 Å². The molecule has 1 fully saturated rings. The third kappa shape index (κ3) is 4.30. The Labute approximate surface area is 197 Å². The fourth-order valence-corrected chi connectivity index (χ4v) is 3.73. The van der Waals surface area contributed by atoms with Crippen molar-refractivity contribution in [3.05, 3.63) is 66.3 Å². The lowest BCUT2D eigenvalue weighted by Gasteiger charge is -2.16. The van der Waals surface area contributed by atoms with Gasteiger partial charge in [-0.05, 0) is 30.3 Å². The molecule has 0 spiro atoms. The third-order valence-electron chi connectivity index (χ3n) is 5.62. The van der Waals surface area contributed by atoms with Gasteiger partial charge < -0.3 is 19.8 Å². The molecule has 35 heavy (non-hydrogen) atoms. The van der Waals surface area contributed by atoms with E-state index in [9.17, 15) is 18.7 Å². The van der Waals surface area contributed by atoms with Crippen LogP contribution in [0.3, 0.4) is 0 Å². The molecule has 4 aromatic rings. The van der Waals surface area contributed by atoms with Crippen LogP contribution in [0.25, 0.3) is 22.8 Å². The van der Waals surface area contributed by atoms with E-state index in [1.54, 1.807) is 31.3 Å². The number of hydrogen-bond acceptors (Lipinski definition) is 9. The van der Waals surface area contributed by atoms with Gasteiger partial charge >= 0.3 is 0 Å². The van der Waals surface area contributed by atoms with Crippen molar-refractivity contribution in [2.75, 3.05) is 18.9 Å². The van der Waals surface area contributed by atoms with Crippen LogP contribution in [0.5, 0.6) is 0 Å². The number of halogens is 2. The zero-order valence-electron chi connectivity index (χ0n) is 18.4. The third-order valence-corrected chi connectivity index (χ3v) is 5.62. The summed E-state index contributed by atoms with van der Waals surface area (Å²) in [4.78, 5) is 30.5. The number of nitrogens with one attached hydrogen (secondary N) is 1. The zero-order chi connectivity index (χ0) is 24.6. The monoisotopic (exact) mass is 479 g/mol. The molecule has 1 saturated heterocycles. The highest BCUT2D eigenvalue weighted by Crippen LogP contribution is 2.34. The van der Waals surface area contributed by atoms with Crippen molar-refractivity contribution in [2.24, 2.45) is 0 Å². The fourth-order valence-electron chi connectivity index (χ4n) is 3.73. The molecule has 1 aliphatic heterocycles. The van der Waals surface area contributed by atoms with Gasteiger partial charge in [0.1, 0.15) is 11.4 Å². The van der Waals surface area contributed by atoms with Gasteiger partial charge in [-0.15, -0.1) is 0 Å². The number of alkyl halides is 2. The summed E-state index contributed by atoms with van der Waals surface area (Å²) < 4.78 is 31.1. The number of hydrogen-bond donors (Lipinski definition) is 2. The van der Waals surface area contributed by atoms with Gasteiger partial charge in [0.2, 0.25) is 11.5 Å². The number of amides is 1. The summed E-state index contributed by atoms with van der Waals surface area (Å²) in [6.07, 6.45) is 0.303. The number of aliphatic hydroxyl groups is 1. The molecule has 0 aromatic carbocycles. The number of carbonyl (C=O) groups excluding carboxylic acids is 1. The topological polar surface area (TPSA) is 130 Å². The zero-order valence-corrected chi connectivity index (χ0v) is 18.4. The van der Waals surface area contributed by atoms with E-state index in [0.717, 1.165) is 0 Å².